The Hall–Kier alpha value is -3.41. The number of aromatic nitrogens is 2. The summed E-state index contributed by atoms with van der Waals surface area (Å²) in [5.74, 6) is -0.0901. The molecule has 0 aliphatic carbocycles. The number of sulfone groups is 1. The maximum Gasteiger partial charge on any atom is 0.407 e. The quantitative estimate of drug-likeness (QED) is 0.552. The van der Waals surface area contributed by atoms with Crippen molar-refractivity contribution in [2.75, 3.05) is 29.6 Å². The van der Waals surface area contributed by atoms with Crippen LogP contribution in [-0.2, 0) is 14.6 Å². The van der Waals surface area contributed by atoms with Crippen LogP contribution in [0.4, 0.5) is 22.1 Å². The van der Waals surface area contributed by atoms with Crippen molar-refractivity contribution in [3.05, 3.63) is 36.2 Å². The van der Waals surface area contributed by atoms with E-state index in [1.807, 2.05) is 4.90 Å². The Bertz CT molecular complexity index is 1160. The molecular weight excluding hydrogens is 460 g/mol. The van der Waals surface area contributed by atoms with Crippen molar-refractivity contribution in [3.8, 4) is 0 Å². The standard InChI is InChI=1S/C22H30N6O5S/c1-22(2,3)33-21(30)26-15-6-5-11-28(13-15)17-12-24-18(19(23)29)20(27-17)25-14-7-9-16(10-8-14)34(4,31)32/h7-10,12,15H,5-6,11,13H2,1-4H3,(H2,23,29)(H,25,27)(H,26,30). The van der Waals surface area contributed by atoms with Crippen LogP contribution in [-0.4, -0.2) is 61.4 Å². The molecule has 2 heterocycles. The molecule has 3 rings (SSSR count). The number of piperidine rings is 1. The van der Waals surface area contributed by atoms with Crippen molar-refractivity contribution in [3.63, 3.8) is 0 Å². The van der Waals surface area contributed by atoms with Crippen molar-refractivity contribution in [2.24, 2.45) is 5.73 Å². The molecule has 184 valence electrons. The van der Waals surface area contributed by atoms with Crippen LogP contribution in [0.5, 0.6) is 0 Å². The van der Waals surface area contributed by atoms with E-state index in [4.69, 9.17) is 10.5 Å². The van der Waals surface area contributed by atoms with E-state index in [2.05, 4.69) is 20.6 Å². The van der Waals surface area contributed by atoms with Crippen LogP contribution in [0, 0.1) is 0 Å². The maximum absolute atomic E-state index is 12.2. The Morgan fingerprint density at radius 2 is 1.88 bits per heavy atom. The summed E-state index contributed by atoms with van der Waals surface area (Å²) in [7, 11) is -3.33. The Balaban J connectivity index is 1.78. The first-order valence-electron chi connectivity index (χ1n) is 10.8. The van der Waals surface area contributed by atoms with Crippen LogP contribution in [0.15, 0.2) is 35.4 Å². The second-order valence-corrected chi connectivity index (χ2v) is 11.2. The van der Waals surface area contributed by atoms with Gasteiger partial charge in [-0.1, -0.05) is 0 Å². The number of nitrogens with zero attached hydrogens (tertiary/aromatic N) is 3. The summed E-state index contributed by atoms with van der Waals surface area (Å²) in [6.07, 6.45) is 3.72. The Kier molecular flexibility index (Phi) is 7.29. The van der Waals surface area contributed by atoms with Crippen LogP contribution in [0.25, 0.3) is 0 Å². The van der Waals surface area contributed by atoms with Gasteiger partial charge in [-0.15, -0.1) is 0 Å². The largest absolute Gasteiger partial charge is 0.444 e. The number of amides is 2. The smallest absolute Gasteiger partial charge is 0.407 e. The van der Waals surface area contributed by atoms with Crippen molar-refractivity contribution < 1.29 is 22.7 Å². The van der Waals surface area contributed by atoms with Gasteiger partial charge in [0.15, 0.2) is 21.3 Å². The second kappa shape index (κ2) is 9.84. The molecular formula is C22H30N6O5S. The lowest BCUT2D eigenvalue weighted by Crippen LogP contribution is -2.49. The molecule has 4 N–H and O–H groups in total. The summed E-state index contributed by atoms with van der Waals surface area (Å²) in [4.78, 5) is 34.9. The van der Waals surface area contributed by atoms with Crippen LogP contribution in [0.3, 0.4) is 0 Å². The molecule has 11 nitrogen and oxygen atoms in total. The first-order chi connectivity index (χ1) is 15.8. The van der Waals surface area contributed by atoms with Crippen LogP contribution in [0.1, 0.15) is 44.1 Å². The molecule has 0 radical (unpaired) electrons. The summed E-state index contributed by atoms with van der Waals surface area (Å²) in [5.41, 5.74) is 5.35. The molecule has 1 fully saturated rings. The number of nitrogens with two attached hydrogens (primary N) is 1. The first-order valence-corrected chi connectivity index (χ1v) is 12.7. The molecule has 1 aliphatic heterocycles. The number of carbonyl (C=O) groups is 2. The Morgan fingerprint density at radius 3 is 2.47 bits per heavy atom. The fourth-order valence-corrected chi connectivity index (χ4v) is 4.13. The fraction of sp³-hybridized carbons (Fsp3) is 0.455. The predicted octanol–water partition coefficient (Wildman–Crippen LogP) is 2.22. The number of ether oxygens (including phenoxy) is 1. The molecule has 1 unspecified atom stereocenters. The fourth-order valence-electron chi connectivity index (χ4n) is 3.50. The number of alkyl carbamates (subject to hydrolysis) is 1. The highest BCUT2D eigenvalue weighted by molar-refractivity contribution is 7.90. The predicted molar refractivity (Wildman–Crippen MR) is 128 cm³/mol. The van der Waals surface area contributed by atoms with E-state index in [-0.39, 0.29) is 22.4 Å². The first kappa shape index (κ1) is 25.2. The summed E-state index contributed by atoms with van der Waals surface area (Å²) < 4.78 is 28.7. The van der Waals surface area contributed by atoms with Gasteiger partial charge in [0.1, 0.15) is 11.4 Å². The average Bonchev–Trinajstić information content (AvgIpc) is 2.72. The van der Waals surface area contributed by atoms with Gasteiger partial charge in [0.05, 0.1) is 11.1 Å². The average molecular weight is 491 g/mol. The topological polar surface area (TPSA) is 157 Å². The summed E-state index contributed by atoms with van der Waals surface area (Å²) >= 11 is 0. The zero-order valence-corrected chi connectivity index (χ0v) is 20.5. The monoisotopic (exact) mass is 490 g/mol. The molecule has 2 aromatic rings. The molecule has 1 atom stereocenters. The highest BCUT2D eigenvalue weighted by Gasteiger charge is 2.26. The molecule has 0 bridgehead atoms. The third-order valence-electron chi connectivity index (χ3n) is 5.00. The number of benzene rings is 1. The molecule has 0 spiro atoms. The normalized spacial score (nSPS) is 16.6. The van der Waals surface area contributed by atoms with Crippen LogP contribution < -0.4 is 21.3 Å². The van der Waals surface area contributed by atoms with E-state index in [9.17, 15) is 18.0 Å². The lowest BCUT2D eigenvalue weighted by atomic mass is 10.1. The van der Waals surface area contributed by atoms with Crippen LogP contribution in [0.2, 0.25) is 0 Å². The molecule has 1 saturated heterocycles. The van der Waals surface area contributed by atoms with Gasteiger partial charge in [0.25, 0.3) is 5.91 Å². The van der Waals surface area contributed by atoms with E-state index < -0.39 is 27.4 Å². The Labute approximate surface area is 199 Å². The maximum atomic E-state index is 12.2. The summed E-state index contributed by atoms with van der Waals surface area (Å²) in [6, 6.07) is 5.91. The Morgan fingerprint density at radius 1 is 1.21 bits per heavy atom. The lowest BCUT2D eigenvalue weighted by Gasteiger charge is -2.34. The molecule has 1 aliphatic rings. The zero-order valence-electron chi connectivity index (χ0n) is 19.7. The number of hydrogen-bond acceptors (Lipinski definition) is 9. The van der Waals surface area contributed by atoms with Crippen molar-refractivity contribution >= 4 is 39.2 Å². The number of nitrogens with one attached hydrogen (secondary N) is 2. The minimum Gasteiger partial charge on any atom is -0.444 e. The van der Waals surface area contributed by atoms with Gasteiger partial charge in [0, 0.05) is 31.1 Å². The third-order valence-corrected chi connectivity index (χ3v) is 6.13. The van der Waals surface area contributed by atoms with Gasteiger partial charge in [0.2, 0.25) is 0 Å². The van der Waals surface area contributed by atoms with E-state index in [0.717, 1.165) is 19.1 Å². The molecule has 34 heavy (non-hydrogen) atoms. The van der Waals surface area contributed by atoms with E-state index in [1.54, 1.807) is 32.9 Å². The van der Waals surface area contributed by atoms with Crippen molar-refractivity contribution in [1.82, 2.24) is 15.3 Å². The van der Waals surface area contributed by atoms with Gasteiger partial charge >= 0.3 is 6.09 Å². The van der Waals surface area contributed by atoms with Gasteiger partial charge in [-0.2, -0.15) is 0 Å². The number of carbonyl (C=O) groups excluding carboxylic acids is 2. The SMILES string of the molecule is CC(C)(C)OC(=O)NC1CCCN(c2cnc(C(N)=O)c(Nc3ccc(S(C)(=O)=O)cc3)n2)C1. The van der Waals surface area contributed by atoms with E-state index in [0.29, 0.717) is 24.6 Å². The minimum absolute atomic E-state index is 0.0450. The molecule has 0 saturated carbocycles. The second-order valence-electron chi connectivity index (χ2n) is 9.14. The highest BCUT2D eigenvalue weighted by Crippen LogP contribution is 2.24. The number of rotatable bonds is 6. The number of primary amides is 1. The van der Waals surface area contributed by atoms with E-state index >= 15 is 0 Å². The molecule has 12 heteroatoms. The molecule has 2 amide bonds. The molecule has 1 aromatic carbocycles. The van der Waals surface area contributed by atoms with Crippen molar-refractivity contribution in [2.45, 2.75) is 50.2 Å². The summed E-state index contributed by atoms with van der Waals surface area (Å²) in [5, 5.41) is 5.88. The lowest BCUT2D eigenvalue weighted by molar-refractivity contribution is 0.0499. The van der Waals surface area contributed by atoms with Crippen molar-refractivity contribution in [1.29, 1.82) is 0 Å². The number of anilines is 3. The third kappa shape index (κ3) is 6.80. The highest BCUT2D eigenvalue weighted by atomic mass is 32.2. The molecule has 1 aromatic heterocycles. The van der Waals surface area contributed by atoms with Crippen LogP contribution >= 0.6 is 0 Å². The summed E-state index contributed by atoms with van der Waals surface area (Å²) in [6.45, 7) is 6.60. The minimum atomic E-state index is -3.33. The van der Waals surface area contributed by atoms with Gasteiger partial charge in [-0.3, -0.25) is 4.79 Å². The van der Waals surface area contributed by atoms with E-state index in [1.165, 1.54) is 18.3 Å². The van der Waals surface area contributed by atoms with Gasteiger partial charge < -0.3 is 26.0 Å². The number of hydrogen-bond donors (Lipinski definition) is 3. The zero-order chi connectivity index (χ0) is 25.1. The van der Waals surface area contributed by atoms with Gasteiger partial charge in [-0.25, -0.2) is 23.2 Å². The van der Waals surface area contributed by atoms with Gasteiger partial charge in [-0.05, 0) is 57.9 Å².